The molecule has 0 saturated carbocycles. The van der Waals surface area contributed by atoms with E-state index in [0.29, 0.717) is 10.9 Å². The average Bonchev–Trinajstić information content (AvgIpc) is 2.51. The number of fused-ring (bicyclic) bond motifs is 1. The molecule has 0 aliphatic heterocycles. The summed E-state index contributed by atoms with van der Waals surface area (Å²) in [5.41, 5.74) is 0.0319. The predicted molar refractivity (Wildman–Crippen MR) is 87.5 cm³/mol. The van der Waals surface area contributed by atoms with Gasteiger partial charge in [0.05, 0.1) is 17.0 Å². The molecule has 3 N–H and O–H groups in total. The minimum absolute atomic E-state index is 0.0896. The second kappa shape index (κ2) is 6.92. The summed E-state index contributed by atoms with van der Waals surface area (Å²) in [5.74, 6) is -1.95. The van der Waals surface area contributed by atoms with Crippen LogP contribution in [-0.4, -0.2) is 28.1 Å². The molecule has 0 aliphatic carbocycles. The van der Waals surface area contributed by atoms with Crippen molar-refractivity contribution in [2.24, 2.45) is 0 Å². The largest absolute Gasteiger partial charge is 0.506 e. The highest BCUT2D eigenvalue weighted by atomic mass is 35.5. The Morgan fingerprint density at radius 1 is 1.38 bits per heavy atom. The van der Waals surface area contributed by atoms with Crippen molar-refractivity contribution in [3.8, 4) is 5.75 Å². The number of aromatic hydroxyl groups is 1. The molecular formula is C16H16ClNO6. The molecule has 0 saturated heterocycles. The van der Waals surface area contributed by atoms with E-state index in [-0.39, 0.29) is 34.8 Å². The van der Waals surface area contributed by atoms with Gasteiger partial charge >= 0.3 is 11.6 Å². The van der Waals surface area contributed by atoms with E-state index < -0.39 is 23.5 Å². The Bertz CT molecular complexity index is 873. The van der Waals surface area contributed by atoms with Crippen molar-refractivity contribution in [1.29, 1.82) is 0 Å². The minimum atomic E-state index is -1.14. The molecule has 0 radical (unpaired) electrons. The number of halogens is 1. The summed E-state index contributed by atoms with van der Waals surface area (Å²) in [7, 11) is 0. The van der Waals surface area contributed by atoms with E-state index in [4.69, 9.17) is 21.1 Å². The first-order valence-electron chi connectivity index (χ1n) is 7.21. The zero-order chi connectivity index (χ0) is 18.0. The van der Waals surface area contributed by atoms with Crippen LogP contribution in [0.15, 0.2) is 21.3 Å². The number of hydrogen-bond acceptors (Lipinski definition) is 5. The van der Waals surface area contributed by atoms with Crippen LogP contribution in [-0.2, 0) is 16.0 Å². The van der Waals surface area contributed by atoms with E-state index in [1.54, 1.807) is 13.8 Å². The molecular weight excluding hydrogens is 338 g/mol. The van der Waals surface area contributed by atoms with Crippen LogP contribution in [0.25, 0.3) is 11.0 Å². The quantitative estimate of drug-likeness (QED) is 0.707. The summed E-state index contributed by atoms with van der Waals surface area (Å²) >= 11 is 5.87. The molecule has 1 aromatic carbocycles. The number of aliphatic carboxylic acids is 1. The molecule has 1 aromatic heterocycles. The van der Waals surface area contributed by atoms with Crippen LogP contribution < -0.4 is 10.9 Å². The van der Waals surface area contributed by atoms with E-state index in [1.807, 2.05) is 0 Å². The van der Waals surface area contributed by atoms with Crippen LogP contribution in [0.2, 0.25) is 5.02 Å². The van der Waals surface area contributed by atoms with Crippen molar-refractivity contribution < 1.29 is 24.2 Å². The lowest BCUT2D eigenvalue weighted by Crippen LogP contribution is -2.41. The van der Waals surface area contributed by atoms with Crippen LogP contribution in [0, 0.1) is 6.92 Å². The summed E-state index contributed by atoms with van der Waals surface area (Å²) in [6.07, 6.45) is -0.0896. The predicted octanol–water partition coefficient (Wildman–Crippen LogP) is 1.98. The highest BCUT2D eigenvalue weighted by Crippen LogP contribution is 2.30. The fourth-order valence-corrected chi connectivity index (χ4v) is 2.51. The van der Waals surface area contributed by atoms with Gasteiger partial charge in [0.2, 0.25) is 5.91 Å². The molecule has 1 amide bonds. The van der Waals surface area contributed by atoms with Crippen LogP contribution in [0.3, 0.4) is 0 Å². The lowest BCUT2D eigenvalue weighted by molar-refractivity contribution is -0.141. The number of hydrogen-bond donors (Lipinski definition) is 3. The molecule has 2 rings (SSSR count). The normalized spacial score (nSPS) is 12.1. The van der Waals surface area contributed by atoms with E-state index in [1.165, 1.54) is 12.1 Å². The van der Waals surface area contributed by atoms with Gasteiger partial charge < -0.3 is 19.9 Å². The van der Waals surface area contributed by atoms with Crippen LogP contribution in [0.4, 0.5) is 0 Å². The van der Waals surface area contributed by atoms with Crippen molar-refractivity contribution in [1.82, 2.24) is 5.32 Å². The van der Waals surface area contributed by atoms with Gasteiger partial charge in [0, 0.05) is 11.5 Å². The lowest BCUT2D eigenvalue weighted by Gasteiger charge is -2.13. The number of amides is 1. The smallest absolute Gasteiger partial charge is 0.340 e. The van der Waals surface area contributed by atoms with Gasteiger partial charge in [0.1, 0.15) is 17.4 Å². The molecule has 7 nitrogen and oxygen atoms in total. The van der Waals surface area contributed by atoms with Crippen molar-refractivity contribution in [3.05, 3.63) is 38.7 Å². The topological polar surface area (TPSA) is 117 Å². The summed E-state index contributed by atoms with van der Waals surface area (Å²) in [6.45, 7) is 3.26. The van der Waals surface area contributed by atoms with Gasteiger partial charge in [-0.3, -0.25) is 4.79 Å². The molecule has 0 bridgehead atoms. The molecule has 2 aromatic rings. The Labute approximate surface area is 141 Å². The number of benzene rings is 1. The Morgan fingerprint density at radius 3 is 2.62 bits per heavy atom. The first-order valence-corrected chi connectivity index (χ1v) is 7.59. The number of aryl methyl sites for hydroxylation is 1. The lowest BCUT2D eigenvalue weighted by atomic mass is 10.0. The molecule has 0 aliphatic rings. The first-order chi connectivity index (χ1) is 11.2. The molecule has 128 valence electrons. The number of carboxylic acids is 1. The number of phenols is 1. The van der Waals surface area contributed by atoms with Gasteiger partial charge in [-0.15, -0.1) is 0 Å². The Balaban J connectivity index is 2.39. The third-order valence-electron chi connectivity index (χ3n) is 3.73. The maximum Gasteiger partial charge on any atom is 0.340 e. The SMILES string of the molecule is CC[C@@H](NC(=O)Cc1c(C)c2cc(Cl)c(O)cc2oc1=O)C(=O)O. The molecule has 0 spiro atoms. The van der Waals surface area contributed by atoms with E-state index in [0.717, 1.165) is 0 Å². The summed E-state index contributed by atoms with van der Waals surface area (Å²) < 4.78 is 5.12. The molecule has 8 heteroatoms. The van der Waals surface area contributed by atoms with E-state index in [2.05, 4.69) is 5.32 Å². The van der Waals surface area contributed by atoms with Gasteiger partial charge in [0.25, 0.3) is 0 Å². The maximum absolute atomic E-state index is 12.1. The van der Waals surface area contributed by atoms with Crippen molar-refractivity contribution in [2.75, 3.05) is 0 Å². The number of carbonyl (C=O) groups is 2. The van der Waals surface area contributed by atoms with Crippen LogP contribution in [0.5, 0.6) is 5.75 Å². The zero-order valence-electron chi connectivity index (χ0n) is 13.1. The Morgan fingerprint density at radius 2 is 2.04 bits per heavy atom. The van der Waals surface area contributed by atoms with Crippen LogP contribution >= 0.6 is 11.6 Å². The number of nitrogens with one attached hydrogen (secondary N) is 1. The fraction of sp³-hybridized carbons (Fsp3) is 0.312. The highest BCUT2D eigenvalue weighted by molar-refractivity contribution is 6.32. The second-order valence-corrected chi connectivity index (χ2v) is 5.74. The number of carboxylic acid groups (broad SMARTS) is 1. The second-order valence-electron chi connectivity index (χ2n) is 5.34. The van der Waals surface area contributed by atoms with Crippen molar-refractivity contribution >= 4 is 34.4 Å². The molecule has 1 atom stereocenters. The summed E-state index contributed by atoms with van der Waals surface area (Å²) in [6, 6.07) is 1.66. The number of carbonyl (C=O) groups excluding carboxylic acids is 1. The first kappa shape index (κ1) is 17.8. The average molecular weight is 354 g/mol. The molecule has 0 fully saturated rings. The van der Waals surface area contributed by atoms with E-state index in [9.17, 15) is 19.5 Å². The Hall–Kier alpha value is -2.54. The van der Waals surface area contributed by atoms with Crippen molar-refractivity contribution in [2.45, 2.75) is 32.7 Å². The van der Waals surface area contributed by atoms with Crippen LogP contribution in [0.1, 0.15) is 24.5 Å². The fourth-order valence-electron chi connectivity index (χ4n) is 2.35. The third-order valence-corrected chi connectivity index (χ3v) is 4.04. The van der Waals surface area contributed by atoms with Gasteiger partial charge in [-0.05, 0) is 25.0 Å². The minimum Gasteiger partial charge on any atom is -0.506 e. The summed E-state index contributed by atoms with van der Waals surface area (Å²) in [4.78, 5) is 35.1. The van der Waals surface area contributed by atoms with Gasteiger partial charge in [-0.2, -0.15) is 0 Å². The number of phenolic OH excluding ortho intramolecular Hbond substituents is 1. The standard InChI is InChI=1S/C16H16ClNO6/c1-3-11(15(21)22)18-14(20)5-9-7(2)8-4-10(17)12(19)6-13(8)24-16(9)23/h4,6,11,19H,3,5H2,1-2H3,(H,18,20)(H,21,22)/t11-/m1/s1. The zero-order valence-corrected chi connectivity index (χ0v) is 13.8. The number of rotatable bonds is 5. The Kier molecular flexibility index (Phi) is 5.14. The third kappa shape index (κ3) is 3.51. The monoisotopic (exact) mass is 353 g/mol. The van der Waals surface area contributed by atoms with Gasteiger partial charge in [0.15, 0.2) is 0 Å². The molecule has 24 heavy (non-hydrogen) atoms. The summed E-state index contributed by atoms with van der Waals surface area (Å²) in [5, 5.41) is 21.5. The van der Waals surface area contributed by atoms with Gasteiger partial charge in [-0.1, -0.05) is 18.5 Å². The maximum atomic E-state index is 12.1. The highest BCUT2D eigenvalue weighted by Gasteiger charge is 2.21. The molecule has 1 heterocycles. The van der Waals surface area contributed by atoms with Crippen molar-refractivity contribution in [3.63, 3.8) is 0 Å². The molecule has 0 unspecified atom stereocenters. The van der Waals surface area contributed by atoms with Gasteiger partial charge in [-0.25, -0.2) is 9.59 Å². The van der Waals surface area contributed by atoms with E-state index >= 15 is 0 Å².